The number of nitrogens with zero attached hydrogens (tertiary/aromatic N) is 1. The minimum absolute atomic E-state index is 0.0885. The van der Waals surface area contributed by atoms with Gasteiger partial charge >= 0.3 is 5.97 Å². The number of aromatic carboxylic acids is 1. The number of carbonyl (C=O) groups is 1. The summed E-state index contributed by atoms with van der Waals surface area (Å²) in [7, 11) is -4.08. The van der Waals surface area contributed by atoms with Gasteiger partial charge in [0.05, 0.1) is 10.5 Å². The average molecular weight is 350 g/mol. The fourth-order valence-electron chi connectivity index (χ4n) is 2.27. The summed E-state index contributed by atoms with van der Waals surface area (Å²) in [6.45, 7) is 5.41. The van der Waals surface area contributed by atoms with Crippen LogP contribution in [0.5, 0.6) is 0 Å². The second kappa shape index (κ2) is 6.48. The van der Waals surface area contributed by atoms with E-state index >= 15 is 0 Å². The molecule has 1 aromatic carbocycles. The van der Waals surface area contributed by atoms with Gasteiger partial charge < -0.3 is 9.67 Å². The summed E-state index contributed by atoms with van der Waals surface area (Å²) in [5, 5.41) is 9.21. The van der Waals surface area contributed by atoms with E-state index in [1.54, 1.807) is 33.0 Å². The third-order valence-corrected chi connectivity index (χ3v) is 5.13. The van der Waals surface area contributed by atoms with Crippen molar-refractivity contribution in [2.24, 2.45) is 0 Å². The van der Waals surface area contributed by atoms with E-state index < -0.39 is 21.6 Å². The fourth-order valence-corrected chi connectivity index (χ4v) is 3.44. The van der Waals surface area contributed by atoms with Crippen molar-refractivity contribution in [3.05, 3.63) is 57.5 Å². The van der Waals surface area contributed by atoms with E-state index in [0.29, 0.717) is 17.7 Å². The van der Waals surface area contributed by atoms with Gasteiger partial charge in [0, 0.05) is 12.7 Å². The summed E-state index contributed by atoms with van der Waals surface area (Å²) in [6.07, 6.45) is 1.55. The van der Waals surface area contributed by atoms with E-state index in [-0.39, 0.29) is 16.1 Å². The van der Waals surface area contributed by atoms with Crippen LogP contribution in [-0.2, 0) is 16.6 Å². The average Bonchev–Trinajstić information content (AvgIpc) is 2.51. The molecule has 0 unspecified atom stereocenters. The second-order valence-electron chi connectivity index (χ2n) is 5.34. The van der Waals surface area contributed by atoms with Gasteiger partial charge in [0.25, 0.3) is 15.6 Å². The topological polar surface area (TPSA) is 105 Å². The first-order chi connectivity index (χ1) is 11.2. The number of nitrogens with one attached hydrogen (secondary N) is 1. The minimum Gasteiger partial charge on any atom is -0.478 e. The quantitative estimate of drug-likeness (QED) is 0.858. The highest BCUT2D eigenvalue weighted by Gasteiger charge is 2.20. The predicted octanol–water partition coefficient (Wildman–Crippen LogP) is 1.98. The van der Waals surface area contributed by atoms with Crippen molar-refractivity contribution in [1.29, 1.82) is 0 Å². The number of carboxylic acids is 1. The molecule has 0 spiro atoms. The highest BCUT2D eigenvalue weighted by Crippen LogP contribution is 2.21. The number of sulfonamides is 1. The highest BCUT2D eigenvalue weighted by atomic mass is 32.2. The predicted molar refractivity (Wildman–Crippen MR) is 90.1 cm³/mol. The zero-order valence-corrected chi connectivity index (χ0v) is 14.3. The van der Waals surface area contributed by atoms with Crippen LogP contribution in [0.1, 0.15) is 28.4 Å². The van der Waals surface area contributed by atoms with Crippen LogP contribution in [0.2, 0.25) is 0 Å². The van der Waals surface area contributed by atoms with Gasteiger partial charge in [-0.1, -0.05) is 0 Å². The summed E-state index contributed by atoms with van der Waals surface area (Å²) in [5.41, 5.74) is 0.388. The Hall–Kier alpha value is -2.61. The first-order valence-electron chi connectivity index (χ1n) is 7.24. The lowest BCUT2D eigenvalue weighted by Gasteiger charge is -2.12. The van der Waals surface area contributed by atoms with Gasteiger partial charge in [-0.2, -0.15) is 0 Å². The van der Waals surface area contributed by atoms with Crippen molar-refractivity contribution < 1.29 is 18.3 Å². The lowest BCUT2D eigenvalue weighted by molar-refractivity contribution is 0.0695. The molecule has 0 fully saturated rings. The Balaban J connectivity index is 2.53. The molecule has 2 aromatic rings. The zero-order valence-electron chi connectivity index (χ0n) is 13.5. The molecule has 8 heteroatoms. The van der Waals surface area contributed by atoms with Gasteiger partial charge in [-0.3, -0.25) is 9.52 Å². The summed E-state index contributed by atoms with van der Waals surface area (Å²) in [4.78, 5) is 23.2. The zero-order chi connectivity index (χ0) is 18.1. The van der Waals surface area contributed by atoms with Crippen molar-refractivity contribution in [3.63, 3.8) is 0 Å². The van der Waals surface area contributed by atoms with Gasteiger partial charge in [0.1, 0.15) is 5.69 Å². The van der Waals surface area contributed by atoms with Crippen molar-refractivity contribution >= 4 is 21.7 Å². The normalized spacial score (nSPS) is 11.3. The Morgan fingerprint density at radius 2 is 1.96 bits per heavy atom. The van der Waals surface area contributed by atoms with E-state index in [9.17, 15) is 23.1 Å². The van der Waals surface area contributed by atoms with Gasteiger partial charge in [-0.05, 0) is 56.2 Å². The van der Waals surface area contributed by atoms with Crippen LogP contribution in [0.15, 0.2) is 40.2 Å². The van der Waals surface area contributed by atoms with Crippen molar-refractivity contribution in [2.75, 3.05) is 4.72 Å². The highest BCUT2D eigenvalue weighted by molar-refractivity contribution is 7.92. The fraction of sp³-hybridized carbons (Fsp3) is 0.250. The maximum atomic E-state index is 12.5. The minimum atomic E-state index is -4.08. The summed E-state index contributed by atoms with van der Waals surface area (Å²) >= 11 is 0. The molecular formula is C16H18N2O5S. The van der Waals surface area contributed by atoms with Crippen LogP contribution in [0.25, 0.3) is 0 Å². The lowest BCUT2D eigenvalue weighted by Crippen LogP contribution is -2.25. The summed E-state index contributed by atoms with van der Waals surface area (Å²) in [5.74, 6) is -1.21. The van der Waals surface area contributed by atoms with Crippen LogP contribution in [0, 0.1) is 13.8 Å². The van der Waals surface area contributed by atoms with E-state index in [1.165, 1.54) is 16.7 Å². The molecular weight excluding hydrogens is 332 g/mol. The monoisotopic (exact) mass is 350 g/mol. The Bertz CT molecular complexity index is 961. The summed E-state index contributed by atoms with van der Waals surface area (Å²) < 4.78 is 28.7. The standard InChI is InChI=1S/C16H18N2O5S/c1-4-18-7-5-6-14(15(18)19)17-24(22,23)12-8-10(2)11(3)13(9-12)16(20)21/h5-9,17H,4H2,1-3H3,(H,20,21). The molecule has 0 amide bonds. The molecule has 2 rings (SSSR count). The van der Waals surface area contributed by atoms with Crippen molar-refractivity contribution in [3.8, 4) is 0 Å². The molecule has 1 aromatic heterocycles. The molecule has 24 heavy (non-hydrogen) atoms. The Morgan fingerprint density at radius 1 is 1.29 bits per heavy atom. The molecule has 0 aliphatic carbocycles. The molecule has 1 heterocycles. The number of benzene rings is 1. The van der Waals surface area contributed by atoms with Gasteiger partial charge in [0.2, 0.25) is 0 Å². The number of rotatable bonds is 5. The number of aryl methyl sites for hydroxylation is 2. The Labute approximate surface area is 139 Å². The molecule has 0 saturated carbocycles. The van der Waals surface area contributed by atoms with Gasteiger partial charge in [0.15, 0.2) is 0 Å². The van der Waals surface area contributed by atoms with Crippen LogP contribution >= 0.6 is 0 Å². The van der Waals surface area contributed by atoms with E-state index in [0.717, 1.165) is 6.07 Å². The largest absolute Gasteiger partial charge is 0.478 e. The summed E-state index contributed by atoms with van der Waals surface area (Å²) in [6, 6.07) is 5.40. The van der Waals surface area contributed by atoms with Crippen LogP contribution in [0.3, 0.4) is 0 Å². The van der Waals surface area contributed by atoms with Gasteiger partial charge in [-0.15, -0.1) is 0 Å². The van der Waals surface area contributed by atoms with Crippen LogP contribution in [0.4, 0.5) is 5.69 Å². The number of aromatic nitrogens is 1. The second-order valence-corrected chi connectivity index (χ2v) is 7.02. The molecule has 0 radical (unpaired) electrons. The molecule has 2 N–H and O–H groups in total. The maximum Gasteiger partial charge on any atom is 0.336 e. The van der Waals surface area contributed by atoms with Crippen molar-refractivity contribution in [1.82, 2.24) is 4.57 Å². The first kappa shape index (κ1) is 17.7. The molecule has 0 saturated heterocycles. The third-order valence-electron chi connectivity index (χ3n) is 3.79. The van der Waals surface area contributed by atoms with Gasteiger partial charge in [-0.25, -0.2) is 13.2 Å². The molecule has 128 valence electrons. The van der Waals surface area contributed by atoms with Crippen LogP contribution in [-0.4, -0.2) is 24.1 Å². The number of pyridine rings is 1. The number of hydrogen-bond acceptors (Lipinski definition) is 4. The smallest absolute Gasteiger partial charge is 0.336 e. The maximum absolute atomic E-state index is 12.5. The van der Waals surface area contributed by atoms with E-state index in [1.807, 2.05) is 0 Å². The van der Waals surface area contributed by atoms with E-state index in [4.69, 9.17) is 0 Å². The lowest BCUT2D eigenvalue weighted by atomic mass is 10.0. The third kappa shape index (κ3) is 3.33. The molecule has 0 atom stereocenters. The number of anilines is 1. The van der Waals surface area contributed by atoms with E-state index in [2.05, 4.69) is 4.72 Å². The van der Waals surface area contributed by atoms with Crippen molar-refractivity contribution in [2.45, 2.75) is 32.2 Å². The Kier molecular flexibility index (Phi) is 4.79. The SMILES string of the molecule is CCn1cccc(NS(=O)(=O)c2cc(C)c(C)c(C(=O)O)c2)c1=O. The molecule has 7 nitrogen and oxygen atoms in total. The first-order valence-corrected chi connectivity index (χ1v) is 8.72. The molecule has 0 aliphatic rings. The molecule has 0 aliphatic heterocycles. The number of hydrogen-bond donors (Lipinski definition) is 2. The van der Waals surface area contributed by atoms with Crippen LogP contribution < -0.4 is 10.3 Å². The Morgan fingerprint density at radius 3 is 2.54 bits per heavy atom. The number of carboxylic acid groups (broad SMARTS) is 1. The molecule has 0 bridgehead atoms.